The number of para-hydroxylation sites is 1. The SMILES string of the molecule is CCNC(=NCC(=O)Nc1ccccc1)NCc1ccco1. The summed E-state index contributed by atoms with van der Waals surface area (Å²) in [7, 11) is 0. The maximum Gasteiger partial charge on any atom is 0.246 e. The van der Waals surface area contributed by atoms with Crippen LogP contribution in [0.1, 0.15) is 12.7 Å². The average molecular weight is 300 g/mol. The van der Waals surface area contributed by atoms with Crippen molar-refractivity contribution < 1.29 is 9.21 Å². The van der Waals surface area contributed by atoms with Gasteiger partial charge in [-0.1, -0.05) is 18.2 Å². The Hall–Kier alpha value is -2.76. The zero-order valence-corrected chi connectivity index (χ0v) is 12.5. The summed E-state index contributed by atoms with van der Waals surface area (Å²) in [5, 5.41) is 8.98. The Bertz CT molecular complexity index is 594. The molecular weight excluding hydrogens is 280 g/mol. The molecule has 1 aromatic heterocycles. The van der Waals surface area contributed by atoms with Crippen LogP contribution in [0.3, 0.4) is 0 Å². The predicted octanol–water partition coefficient (Wildman–Crippen LogP) is 1.97. The average Bonchev–Trinajstić information content (AvgIpc) is 3.04. The molecule has 0 saturated carbocycles. The molecule has 0 saturated heterocycles. The molecule has 22 heavy (non-hydrogen) atoms. The van der Waals surface area contributed by atoms with Crippen LogP contribution in [-0.2, 0) is 11.3 Å². The number of amides is 1. The van der Waals surface area contributed by atoms with Gasteiger partial charge in [-0.15, -0.1) is 0 Å². The number of furan rings is 1. The number of nitrogens with zero attached hydrogens (tertiary/aromatic N) is 1. The number of guanidine groups is 1. The van der Waals surface area contributed by atoms with E-state index >= 15 is 0 Å². The molecule has 116 valence electrons. The minimum atomic E-state index is -0.165. The van der Waals surface area contributed by atoms with Crippen molar-refractivity contribution in [3.8, 4) is 0 Å². The van der Waals surface area contributed by atoms with Gasteiger partial charge in [-0.05, 0) is 31.2 Å². The maximum absolute atomic E-state index is 11.9. The molecule has 0 aliphatic carbocycles. The maximum atomic E-state index is 11.9. The molecule has 0 unspecified atom stereocenters. The van der Waals surface area contributed by atoms with E-state index in [1.54, 1.807) is 6.26 Å². The second-order valence-electron chi connectivity index (χ2n) is 4.54. The minimum Gasteiger partial charge on any atom is -0.467 e. The molecule has 0 aliphatic heterocycles. The van der Waals surface area contributed by atoms with Crippen LogP contribution < -0.4 is 16.0 Å². The second kappa shape index (κ2) is 8.51. The molecule has 0 radical (unpaired) electrons. The van der Waals surface area contributed by atoms with E-state index in [0.717, 1.165) is 11.4 Å². The highest BCUT2D eigenvalue weighted by atomic mass is 16.3. The lowest BCUT2D eigenvalue weighted by Gasteiger charge is -2.10. The second-order valence-corrected chi connectivity index (χ2v) is 4.54. The van der Waals surface area contributed by atoms with Crippen LogP contribution >= 0.6 is 0 Å². The molecule has 3 N–H and O–H groups in total. The summed E-state index contributed by atoms with van der Waals surface area (Å²) in [5.41, 5.74) is 0.760. The molecule has 2 rings (SSSR count). The smallest absolute Gasteiger partial charge is 0.246 e. The van der Waals surface area contributed by atoms with E-state index in [4.69, 9.17) is 4.42 Å². The molecule has 0 fully saturated rings. The predicted molar refractivity (Wildman–Crippen MR) is 86.6 cm³/mol. The van der Waals surface area contributed by atoms with Crippen molar-refractivity contribution >= 4 is 17.6 Å². The monoisotopic (exact) mass is 300 g/mol. The van der Waals surface area contributed by atoms with Gasteiger partial charge in [0.1, 0.15) is 12.3 Å². The van der Waals surface area contributed by atoms with Gasteiger partial charge in [-0.2, -0.15) is 0 Å². The van der Waals surface area contributed by atoms with Gasteiger partial charge in [-0.3, -0.25) is 4.79 Å². The largest absolute Gasteiger partial charge is 0.467 e. The Kier molecular flexibility index (Phi) is 6.04. The third-order valence-electron chi connectivity index (χ3n) is 2.79. The fraction of sp³-hybridized carbons (Fsp3) is 0.250. The van der Waals surface area contributed by atoms with E-state index in [0.29, 0.717) is 19.0 Å². The number of anilines is 1. The van der Waals surface area contributed by atoms with E-state index < -0.39 is 0 Å². The van der Waals surface area contributed by atoms with Crippen LogP contribution in [0.4, 0.5) is 5.69 Å². The minimum absolute atomic E-state index is 0.0440. The Balaban J connectivity index is 1.84. The lowest BCUT2D eigenvalue weighted by atomic mass is 10.3. The summed E-state index contributed by atoms with van der Waals surface area (Å²) < 4.78 is 5.24. The number of benzene rings is 1. The normalized spacial score (nSPS) is 11.0. The Labute approximate surface area is 129 Å². The number of aliphatic imine (C=N–C) groups is 1. The first-order valence-corrected chi connectivity index (χ1v) is 7.17. The zero-order chi connectivity index (χ0) is 15.6. The van der Waals surface area contributed by atoms with Crippen LogP contribution in [0.25, 0.3) is 0 Å². The van der Waals surface area contributed by atoms with Crippen molar-refractivity contribution in [2.75, 3.05) is 18.4 Å². The Morgan fingerprint density at radius 3 is 2.64 bits per heavy atom. The van der Waals surface area contributed by atoms with Gasteiger partial charge in [0.15, 0.2) is 5.96 Å². The third kappa shape index (κ3) is 5.32. The molecule has 1 amide bonds. The van der Waals surface area contributed by atoms with Crippen molar-refractivity contribution in [3.05, 3.63) is 54.5 Å². The number of hydrogen-bond acceptors (Lipinski definition) is 3. The molecule has 6 nitrogen and oxygen atoms in total. The summed E-state index contributed by atoms with van der Waals surface area (Å²) >= 11 is 0. The highest BCUT2D eigenvalue weighted by Gasteiger charge is 2.03. The first-order valence-electron chi connectivity index (χ1n) is 7.17. The van der Waals surface area contributed by atoms with Crippen LogP contribution in [0.2, 0.25) is 0 Å². The quantitative estimate of drug-likeness (QED) is 0.563. The van der Waals surface area contributed by atoms with E-state index in [-0.39, 0.29) is 12.5 Å². The fourth-order valence-electron chi connectivity index (χ4n) is 1.80. The highest BCUT2D eigenvalue weighted by Crippen LogP contribution is 2.04. The van der Waals surface area contributed by atoms with Crippen molar-refractivity contribution in [2.24, 2.45) is 4.99 Å². The first kappa shape index (κ1) is 15.6. The summed E-state index contributed by atoms with van der Waals surface area (Å²) in [6.07, 6.45) is 1.62. The topological polar surface area (TPSA) is 78.7 Å². The van der Waals surface area contributed by atoms with Crippen molar-refractivity contribution in [3.63, 3.8) is 0 Å². The lowest BCUT2D eigenvalue weighted by Crippen LogP contribution is -2.37. The summed E-state index contributed by atoms with van der Waals surface area (Å²) in [4.78, 5) is 16.1. The summed E-state index contributed by atoms with van der Waals surface area (Å²) in [5.74, 6) is 1.21. The number of nitrogens with one attached hydrogen (secondary N) is 3. The highest BCUT2D eigenvalue weighted by molar-refractivity contribution is 5.94. The van der Waals surface area contributed by atoms with Crippen molar-refractivity contribution in [2.45, 2.75) is 13.5 Å². The zero-order valence-electron chi connectivity index (χ0n) is 12.5. The van der Waals surface area contributed by atoms with Gasteiger partial charge in [0.2, 0.25) is 5.91 Å². The molecular formula is C16H20N4O2. The van der Waals surface area contributed by atoms with Crippen LogP contribution in [-0.4, -0.2) is 25.0 Å². The van der Waals surface area contributed by atoms with Gasteiger partial charge >= 0.3 is 0 Å². The van der Waals surface area contributed by atoms with Gasteiger partial charge in [0.25, 0.3) is 0 Å². The molecule has 0 aliphatic rings. The lowest BCUT2D eigenvalue weighted by molar-refractivity contribution is -0.114. The molecule has 0 spiro atoms. The molecule has 1 aromatic carbocycles. The summed E-state index contributed by atoms with van der Waals surface area (Å²) in [6.45, 7) is 3.24. The first-order chi connectivity index (χ1) is 10.8. The Morgan fingerprint density at radius 1 is 1.14 bits per heavy atom. The van der Waals surface area contributed by atoms with Gasteiger partial charge < -0.3 is 20.4 Å². The van der Waals surface area contributed by atoms with Gasteiger partial charge in [-0.25, -0.2) is 4.99 Å². The summed E-state index contributed by atoms with van der Waals surface area (Å²) in [6, 6.07) is 13.0. The van der Waals surface area contributed by atoms with E-state index in [1.165, 1.54) is 0 Å². The van der Waals surface area contributed by atoms with Crippen molar-refractivity contribution in [1.82, 2.24) is 10.6 Å². The number of rotatable bonds is 6. The molecule has 0 atom stereocenters. The number of carbonyl (C=O) groups excluding carboxylic acids is 1. The van der Waals surface area contributed by atoms with Gasteiger partial charge in [0, 0.05) is 12.2 Å². The fourth-order valence-corrected chi connectivity index (χ4v) is 1.80. The molecule has 1 heterocycles. The van der Waals surface area contributed by atoms with Crippen LogP contribution in [0.5, 0.6) is 0 Å². The molecule has 6 heteroatoms. The van der Waals surface area contributed by atoms with E-state index in [9.17, 15) is 4.79 Å². The van der Waals surface area contributed by atoms with E-state index in [1.807, 2.05) is 49.4 Å². The number of hydrogen-bond donors (Lipinski definition) is 3. The molecule has 2 aromatic rings. The van der Waals surface area contributed by atoms with E-state index in [2.05, 4.69) is 20.9 Å². The van der Waals surface area contributed by atoms with Crippen LogP contribution in [0.15, 0.2) is 58.1 Å². The standard InChI is InChI=1S/C16H20N4O2/c1-2-17-16(18-11-14-9-6-10-22-14)19-12-15(21)20-13-7-4-3-5-8-13/h3-10H,2,11-12H2,1H3,(H,20,21)(H2,17,18,19). The molecule has 0 bridgehead atoms. The van der Waals surface area contributed by atoms with Crippen molar-refractivity contribution in [1.29, 1.82) is 0 Å². The number of carbonyl (C=O) groups is 1. The van der Waals surface area contributed by atoms with Gasteiger partial charge in [0.05, 0.1) is 12.8 Å². The Morgan fingerprint density at radius 2 is 1.95 bits per heavy atom. The van der Waals surface area contributed by atoms with Crippen LogP contribution in [0, 0.1) is 0 Å². The third-order valence-corrected chi connectivity index (χ3v) is 2.79.